The van der Waals surface area contributed by atoms with E-state index in [1.54, 1.807) is 19.2 Å². The van der Waals surface area contributed by atoms with Gasteiger partial charge in [-0.25, -0.2) is 0 Å². The van der Waals surface area contributed by atoms with Crippen LogP contribution in [0, 0.1) is 0 Å². The Morgan fingerprint density at radius 2 is 1.90 bits per heavy atom. The Morgan fingerprint density at radius 1 is 1.20 bits per heavy atom. The molecule has 0 radical (unpaired) electrons. The second kappa shape index (κ2) is 6.53. The molecule has 0 spiro atoms. The Balaban J connectivity index is 2.04. The SMILES string of the molecule is COc1ccc(Cl)c(NC(C)Cc2ccc(O)cc2)c1. The van der Waals surface area contributed by atoms with Crippen molar-refractivity contribution in [2.24, 2.45) is 0 Å². The molecule has 0 aromatic heterocycles. The first kappa shape index (κ1) is 14.5. The maximum Gasteiger partial charge on any atom is 0.121 e. The summed E-state index contributed by atoms with van der Waals surface area (Å²) in [5.41, 5.74) is 2.01. The van der Waals surface area contributed by atoms with E-state index < -0.39 is 0 Å². The van der Waals surface area contributed by atoms with E-state index in [2.05, 4.69) is 12.2 Å². The van der Waals surface area contributed by atoms with Crippen molar-refractivity contribution in [1.29, 1.82) is 0 Å². The van der Waals surface area contributed by atoms with Crippen molar-refractivity contribution in [1.82, 2.24) is 0 Å². The summed E-state index contributed by atoms with van der Waals surface area (Å²) in [6, 6.07) is 13.0. The molecule has 0 bridgehead atoms. The molecular formula is C16H18ClNO2. The minimum absolute atomic E-state index is 0.212. The Labute approximate surface area is 124 Å². The van der Waals surface area contributed by atoms with Gasteiger partial charge in [-0.05, 0) is 43.2 Å². The summed E-state index contributed by atoms with van der Waals surface area (Å²) in [6.45, 7) is 2.09. The summed E-state index contributed by atoms with van der Waals surface area (Å²) in [4.78, 5) is 0. The van der Waals surface area contributed by atoms with Crippen LogP contribution in [0.4, 0.5) is 5.69 Å². The highest BCUT2D eigenvalue weighted by molar-refractivity contribution is 6.33. The average Bonchev–Trinajstić information content (AvgIpc) is 2.44. The lowest BCUT2D eigenvalue weighted by atomic mass is 10.1. The molecule has 0 aliphatic rings. The zero-order valence-electron chi connectivity index (χ0n) is 11.6. The van der Waals surface area contributed by atoms with Crippen LogP contribution in [-0.4, -0.2) is 18.3 Å². The normalized spacial score (nSPS) is 11.9. The fraction of sp³-hybridized carbons (Fsp3) is 0.250. The van der Waals surface area contributed by atoms with Crippen LogP contribution in [0.3, 0.4) is 0 Å². The summed E-state index contributed by atoms with van der Waals surface area (Å²) in [7, 11) is 1.63. The van der Waals surface area contributed by atoms with Crippen LogP contribution in [0.15, 0.2) is 42.5 Å². The molecule has 2 rings (SSSR count). The third kappa shape index (κ3) is 3.81. The lowest BCUT2D eigenvalue weighted by molar-refractivity contribution is 0.415. The zero-order valence-corrected chi connectivity index (χ0v) is 12.3. The first-order valence-corrected chi connectivity index (χ1v) is 6.84. The number of halogens is 1. The van der Waals surface area contributed by atoms with Crippen LogP contribution in [0.5, 0.6) is 11.5 Å². The van der Waals surface area contributed by atoms with Crippen molar-refractivity contribution in [3.8, 4) is 11.5 Å². The first-order chi connectivity index (χ1) is 9.58. The minimum atomic E-state index is 0.212. The summed E-state index contributed by atoms with van der Waals surface area (Å²) < 4.78 is 5.20. The van der Waals surface area contributed by atoms with Gasteiger partial charge in [0.15, 0.2) is 0 Å². The molecule has 0 amide bonds. The van der Waals surface area contributed by atoms with Crippen molar-refractivity contribution < 1.29 is 9.84 Å². The molecule has 0 saturated carbocycles. The molecule has 1 unspecified atom stereocenters. The standard InChI is InChI=1S/C16H18ClNO2/c1-11(9-12-3-5-13(19)6-4-12)18-16-10-14(20-2)7-8-15(16)17/h3-8,10-11,18-19H,9H2,1-2H3. The number of anilines is 1. The molecule has 2 aromatic carbocycles. The number of aromatic hydroxyl groups is 1. The molecule has 0 fully saturated rings. The van der Waals surface area contributed by atoms with Gasteiger partial charge in [0.05, 0.1) is 17.8 Å². The monoisotopic (exact) mass is 291 g/mol. The van der Waals surface area contributed by atoms with Gasteiger partial charge in [-0.3, -0.25) is 0 Å². The fourth-order valence-electron chi connectivity index (χ4n) is 2.04. The van der Waals surface area contributed by atoms with Crippen LogP contribution >= 0.6 is 11.6 Å². The van der Waals surface area contributed by atoms with Crippen LogP contribution < -0.4 is 10.1 Å². The van der Waals surface area contributed by atoms with Gasteiger partial charge in [-0.15, -0.1) is 0 Å². The number of phenols is 1. The molecule has 0 aliphatic carbocycles. The number of nitrogens with one attached hydrogen (secondary N) is 1. The predicted octanol–water partition coefficient (Wildman–Crippen LogP) is 4.10. The number of rotatable bonds is 5. The van der Waals surface area contributed by atoms with E-state index in [0.717, 1.165) is 23.4 Å². The van der Waals surface area contributed by atoms with Gasteiger partial charge >= 0.3 is 0 Å². The molecular weight excluding hydrogens is 274 g/mol. The Kier molecular flexibility index (Phi) is 4.74. The summed E-state index contributed by atoms with van der Waals surface area (Å²) in [6.07, 6.45) is 0.841. The molecule has 0 heterocycles. The molecule has 0 aliphatic heterocycles. The largest absolute Gasteiger partial charge is 0.508 e. The van der Waals surface area contributed by atoms with E-state index in [1.165, 1.54) is 0 Å². The van der Waals surface area contributed by atoms with Gasteiger partial charge in [-0.1, -0.05) is 23.7 Å². The van der Waals surface area contributed by atoms with Gasteiger partial charge in [-0.2, -0.15) is 0 Å². The Morgan fingerprint density at radius 3 is 2.55 bits per heavy atom. The summed E-state index contributed by atoms with van der Waals surface area (Å²) in [5.74, 6) is 1.05. The lowest BCUT2D eigenvalue weighted by Crippen LogP contribution is -2.18. The van der Waals surface area contributed by atoms with E-state index in [9.17, 15) is 5.11 Å². The zero-order chi connectivity index (χ0) is 14.5. The fourth-order valence-corrected chi connectivity index (χ4v) is 2.22. The molecule has 1 atom stereocenters. The van der Waals surface area contributed by atoms with Gasteiger partial charge in [0.1, 0.15) is 11.5 Å². The van der Waals surface area contributed by atoms with Gasteiger partial charge in [0.2, 0.25) is 0 Å². The maximum atomic E-state index is 9.27. The molecule has 3 nitrogen and oxygen atoms in total. The Hall–Kier alpha value is -1.87. The first-order valence-electron chi connectivity index (χ1n) is 6.46. The van der Waals surface area contributed by atoms with Crippen LogP contribution in [0.25, 0.3) is 0 Å². The van der Waals surface area contributed by atoms with E-state index in [0.29, 0.717) is 5.02 Å². The van der Waals surface area contributed by atoms with E-state index >= 15 is 0 Å². The van der Waals surface area contributed by atoms with E-state index in [1.807, 2.05) is 30.3 Å². The third-order valence-corrected chi connectivity index (χ3v) is 3.38. The van der Waals surface area contributed by atoms with Crippen molar-refractivity contribution in [3.63, 3.8) is 0 Å². The summed E-state index contributed by atoms with van der Waals surface area (Å²) in [5, 5.41) is 13.3. The van der Waals surface area contributed by atoms with Gasteiger partial charge in [0, 0.05) is 12.1 Å². The Bertz CT molecular complexity index is 569. The van der Waals surface area contributed by atoms with Gasteiger partial charge < -0.3 is 15.2 Å². The molecule has 0 saturated heterocycles. The van der Waals surface area contributed by atoms with E-state index in [4.69, 9.17) is 16.3 Å². The quantitative estimate of drug-likeness (QED) is 0.871. The number of ether oxygens (including phenoxy) is 1. The van der Waals surface area contributed by atoms with Gasteiger partial charge in [0.25, 0.3) is 0 Å². The second-order valence-corrected chi connectivity index (χ2v) is 5.17. The van der Waals surface area contributed by atoms with Crippen LogP contribution in [0.2, 0.25) is 5.02 Å². The topological polar surface area (TPSA) is 41.5 Å². The second-order valence-electron chi connectivity index (χ2n) is 4.76. The average molecular weight is 292 g/mol. The molecule has 4 heteroatoms. The van der Waals surface area contributed by atoms with Crippen molar-refractivity contribution in [3.05, 3.63) is 53.1 Å². The van der Waals surface area contributed by atoms with Crippen molar-refractivity contribution in [2.75, 3.05) is 12.4 Å². The highest BCUT2D eigenvalue weighted by Gasteiger charge is 2.08. The summed E-state index contributed by atoms with van der Waals surface area (Å²) >= 11 is 6.17. The predicted molar refractivity (Wildman–Crippen MR) is 82.9 cm³/mol. The molecule has 106 valence electrons. The van der Waals surface area contributed by atoms with Crippen LogP contribution in [-0.2, 0) is 6.42 Å². The maximum absolute atomic E-state index is 9.27. The van der Waals surface area contributed by atoms with E-state index in [-0.39, 0.29) is 11.8 Å². The van der Waals surface area contributed by atoms with Crippen molar-refractivity contribution >= 4 is 17.3 Å². The highest BCUT2D eigenvalue weighted by Crippen LogP contribution is 2.27. The number of benzene rings is 2. The molecule has 2 N–H and O–H groups in total. The third-order valence-electron chi connectivity index (χ3n) is 3.05. The minimum Gasteiger partial charge on any atom is -0.508 e. The number of methoxy groups -OCH3 is 1. The number of hydrogen-bond acceptors (Lipinski definition) is 3. The lowest BCUT2D eigenvalue weighted by Gasteiger charge is -2.17. The van der Waals surface area contributed by atoms with Crippen LogP contribution in [0.1, 0.15) is 12.5 Å². The highest BCUT2D eigenvalue weighted by atomic mass is 35.5. The smallest absolute Gasteiger partial charge is 0.121 e. The number of phenolic OH excluding ortho intramolecular Hbond substituents is 1. The molecule has 20 heavy (non-hydrogen) atoms. The van der Waals surface area contributed by atoms with Crippen molar-refractivity contribution in [2.45, 2.75) is 19.4 Å². The molecule has 2 aromatic rings. The number of hydrogen-bond donors (Lipinski definition) is 2.